The van der Waals surface area contributed by atoms with Crippen molar-refractivity contribution in [1.82, 2.24) is 9.80 Å². The number of nitrogens with zero attached hydrogens (tertiary/aromatic N) is 2. The first kappa shape index (κ1) is 15.3. The number of hydrogen-bond donors (Lipinski definition) is 1. The second-order valence-corrected chi connectivity index (χ2v) is 6.21. The molecule has 0 bridgehead atoms. The molecule has 20 heavy (non-hydrogen) atoms. The molecule has 112 valence electrons. The predicted octanol–water partition coefficient (Wildman–Crippen LogP) is 2.97. The van der Waals surface area contributed by atoms with E-state index in [0.29, 0.717) is 6.04 Å². The number of benzene rings is 1. The number of anilines is 1. The second-order valence-electron chi connectivity index (χ2n) is 6.21. The van der Waals surface area contributed by atoms with E-state index in [9.17, 15) is 0 Å². The SMILES string of the molecule is CC(C)N(CCCN1CCCC1)Cc1cccc(N)c1. The molecule has 1 saturated heterocycles. The van der Waals surface area contributed by atoms with Crippen molar-refractivity contribution in [2.75, 3.05) is 31.9 Å². The summed E-state index contributed by atoms with van der Waals surface area (Å²) in [6.45, 7) is 10.6. The summed E-state index contributed by atoms with van der Waals surface area (Å²) in [7, 11) is 0. The van der Waals surface area contributed by atoms with Gasteiger partial charge in [-0.05, 0) is 77.0 Å². The molecule has 3 heteroatoms. The van der Waals surface area contributed by atoms with Crippen LogP contribution in [0.5, 0.6) is 0 Å². The molecule has 1 aliphatic heterocycles. The molecule has 0 amide bonds. The van der Waals surface area contributed by atoms with Crippen molar-refractivity contribution in [2.45, 2.75) is 45.7 Å². The summed E-state index contributed by atoms with van der Waals surface area (Å²) in [5, 5.41) is 0. The van der Waals surface area contributed by atoms with E-state index in [2.05, 4.69) is 35.8 Å². The highest BCUT2D eigenvalue weighted by molar-refractivity contribution is 5.40. The lowest BCUT2D eigenvalue weighted by atomic mass is 10.1. The molecule has 0 spiro atoms. The van der Waals surface area contributed by atoms with Crippen molar-refractivity contribution in [2.24, 2.45) is 0 Å². The average molecular weight is 275 g/mol. The molecule has 1 aromatic carbocycles. The Hall–Kier alpha value is -1.06. The van der Waals surface area contributed by atoms with Gasteiger partial charge in [0.2, 0.25) is 0 Å². The molecular formula is C17H29N3. The minimum atomic E-state index is 0.579. The van der Waals surface area contributed by atoms with Crippen LogP contribution in [0.2, 0.25) is 0 Å². The average Bonchev–Trinajstić information content (AvgIpc) is 2.90. The van der Waals surface area contributed by atoms with E-state index < -0.39 is 0 Å². The number of nitrogen functional groups attached to an aromatic ring is 1. The molecule has 1 fully saturated rings. The third-order valence-corrected chi connectivity index (χ3v) is 4.19. The van der Waals surface area contributed by atoms with Gasteiger partial charge in [0.25, 0.3) is 0 Å². The Morgan fingerprint density at radius 1 is 1.25 bits per heavy atom. The molecule has 2 rings (SSSR count). The van der Waals surface area contributed by atoms with Gasteiger partial charge in [-0.15, -0.1) is 0 Å². The van der Waals surface area contributed by atoms with Gasteiger partial charge in [0.15, 0.2) is 0 Å². The van der Waals surface area contributed by atoms with Crippen LogP contribution >= 0.6 is 0 Å². The highest BCUT2D eigenvalue weighted by Crippen LogP contribution is 2.13. The number of nitrogens with two attached hydrogens (primary N) is 1. The first-order valence-electron chi connectivity index (χ1n) is 7.96. The fourth-order valence-corrected chi connectivity index (χ4v) is 2.95. The molecule has 0 atom stereocenters. The first-order chi connectivity index (χ1) is 9.65. The van der Waals surface area contributed by atoms with Crippen LogP contribution in [0.25, 0.3) is 0 Å². The standard InChI is InChI=1S/C17H29N3/c1-15(2)20(12-6-11-19-9-3-4-10-19)14-16-7-5-8-17(18)13-16/h5,7-8,13,15H,3-4,6,9-12,14,18H2,1-2H3. The molecular weight excluding hydrogens is 246 g/mol. The summed E-state index contributed by atoms with van der Waals surface area (Å²) in [4.78, 5) is 5.14. The van der Waals surface area contributed by atoms with Crippen LogP contribution in [0.3, 0.4) is 0 Å². The van der Waals surface area contributed by atoms with E-state index in [4.69, 9.17) is 5.73 Å². The molecule has 0 saturated carbocycles. The van der Waals surface area contributed by atoms with E-state index in [1.54, 1.807) is 0 Å². The largest absolute Gasteiger partial charge is 0.399 e. The van der Waals surface area contributed by atoms with Crippen LogP contribution in [0.4, 0.5) is 5.69 Å². The molecule has 0 aromatic heterocycles. The van der Waals surface area contributed by atoms with Gasteiger partial charge >= 0.3 is 0 Å². The second kappa shape index (κ2) is 7.65. The summed E-state index contributed by atoms with van der Waals surface area (Å²) in [5.41, 5.74) is 8.05. The Morgan fingerprint density at radius 3 is 2.65 bits per heavy atom. The van der Waals surface area contributed by atoms with Crippen LogP contribution < -0.4 is 5.73 Å². The van der Waals surface area contributed by atoms with E-state index in [-0.39, 0.29) is 0 Å². The van der Waals surface area contributed by atoms with Crippen LogP contribution in [0, 0.1) is 0 Å². The minimum Gasteiger partial charge on any atom is -0.399 e. The third kappa shape index (κ3) is 4.80. The monoisotopic (exact) mass is 275 g/mol. The molecule has 0 unspecified atom stereocenters. The summed E-state index contributed by atoms with van der Waals surface area (Å²) >= 11 is 0. The maximum Gasteiger partial charge on any atom is 0.0317 e. The van der Waals surface area contributed by atoms with Crippen molar-refractivity contribution < 1.29 is 0 Å². The molecule has 0 radical (unpaired) electrons. The minimum absolute atomic E-state index is 0.579. The smallest absolute Gasteiger partial charge is 0.0317 e. The van der Waals surface area contributed by atoms with Crippen LogP contribution in [0.1, 0.15) is 38.7 Å². The molecule has 3 nitrogen and oxygen atoms in total. The zero-order valence-corrected chi connectivity index (χ0v) is 13.0. The summed E-state index contributed by atoms with van der Waals surface area (Å²) in [5.74, 6) is 0. The fourth-order valence-electron chi connectivity index (χ4n) is 2.95. The Balaban J connectivity index is 1.80. The van der Waals surface area contributed by atoms with Crippen molar-refractivity contribution >= 4 is 5.69 Å². The zero-order valence-electron chi connectivity index (χ0n) is 13.0. The van der Waals surface area contributed by atoms with Gasteiger partial charge in [0.1, 0.15) is 0 Å². The van der Waals surface area contributed by atoms with Crippen molar-refractivity contribution in [3.05, 3.63) is 29.8 Å². The van der Waals surface area contributed by atoms with Crippen LogP contribution in [-0.4, -0.2) is 42.0 Å². The van der Waals surface area contributed by atoms with Gasteiger partial charge in [-0.3, -0.25) is 4.90 Å². The van der Waals surface area contributed by atoms with E-state index >= 15 is 0 Å². The Kier molecular flexibility index (Phi) is 5.86. The number of rotatable bonds is 7. The van der Waals surface area contributed by atoms with E-state index in [1.807, 2.05) is 12.1 Å². The highest BCUT2D eigenvalue weighted by Gasteiger charge is 2.13. The number of likely N-dealkylation sites (tertiary alicyclic amines) is 1. The Labute approximate surface area is 123 Å². The normalized spacial score (nSPS) is 16.4. The van der Waals surface area contributed by atoms with Gasteiger partial charge < -0.3 is 10.6 Å². The third-order valence-electron chi connectivity index (χ3n) is 4.19. The molecule has 1 heterocycles. The van der Waals surface area contributed by atoms with Gasteiger partial charge in [0.05, 0.1) is 0 Å². The Morgan fingerprint density at radius 2 is 2.00 bits per heavy atom. The van der Waals surface area contributed by atoms with Gasteiger partial charge in [0, 0.05) is 18.3 Å². The fraction of sp³-hybridized carbons (Fsp3) is 0.647. The van der Waals surface area contributed by atoms with Crippen LogP contribution in [-0.2, 0) is 6.54 Å². The predicted molar refractivity (Wildman–Crippen MR) is 86.7 cm³/mol. The zero-order chi connectivity index (χ0) is 14.4. The summed E-state index contributed by atoms with van der Waals surface area (Å²) < 4.78 is 0. The maximum absolute atomic E-state index is 5.87. The van der Waals surface area contributed by atoms with Crippen molar-refractivity contribution in [3.8, 4) is 0 Å². The molecule has 0 aliphatic carbocycles. The maximum atomic E-state index is 5.87. The lowest BCUT2D eigenvalue weighted by molar-refractivity contribution is 0.197. The van der Waals surface area contributed by atoms with Gasteiger partial charge in [-0.25, -0.2) is 0 Å². The van der Waals surface area contributed by atoms with Crippen molar-refractivity contribution in [1.29, 1.82) is 0 Å². The Bertz CT molecular complexity index is 397. The topological polar surface area (TPSA) is 32.5 Å². The van der Waals surface area contributed by atoms with Crippen LogP contribution in [0.15, 0.2) is 24.3 Å². The number of hydrogen-bond acceptors (Lipinski definition) is 3. The van der Waals surface area contributed by atoms with Crippen molar-refractivity contribution in [3.63, 3.8) is 0 Å². The highest BCUT2D eigenvalue weighted by atomic mass is 15.2. The van der Waals surface area contributed by atoms with Gasteiger partial charge in [-0.2, -0.15) is 0 Å². The lowest BCUT2D eigenvalue weighted by Crippen LogP contribution is -2.33. The lowest BCUT2D eigenvalue weighted by Gasteiger charge is -2.27. The quantitative estimate of drug-likeness (QED) is 0.777. The molecule has 1 aliphatic rings. The van der Waals surface area contributed by atoms with Gasteiger partial charge in [-0.1, -0.05) is 12.1 Å². The molecule has 2 N–H and O–H groups in total. The molecule has 1 aromatic rings. The summed E-state index contributed by atoms with van der Waals surface area (Å²) in [6, 6.07) is 8.85. The van der Waals surface area contributed by atoms with E-state index in [1.165, 1.54) is 51.0 Å². The summed E-state index contributed by atoms with van der Waals surface area (Å²) in [6.07, 6.45) is 4.04. The first-order valence-corrected chi connectivity index (χ1v) is 7.96. The van der Waals surface area contributed by atoms with E-state index in [0.717, 1.165) is 12.2 Å².